The molecule has 3 N–H and O–H groups in total. The van der Waals surface area contributed by atoms with Crippen molar-refractivity contribution in [3.8, 4) is 11.1 Å². The molecule has 0 saturated carbocycles. The lowest BCUT2D eigenvalue weighted by molar-refractivity contribution is -0.137. The number of carbonyl (C=O) groups is 2. The third-order valence-corrected chi connectivity index (χ3v) is 6.40. The van der Waals surface area contributed by atoms with E-state index >= 15 is 0 Å². The Hall–Kier alpha value is -2.74. The highest BCUT2D eigenvalue weighted by molar-refractivity contribution is 5.91. The van der Waals surface area contributed by atoms with Gasteiger partial charge in [-0.1, -0.05) is 42.5 Å². The molecular weight excluding hydrogens is 420 g/mol. The molecule has 2 amide bonds. The Bertz CT molecular complexity index is 912. The van der Waals surface area contributed by atoms with E-state index in [9.17, 15) is 14.7 Å². The molecule has 0 bridgehead atoms. The normalized spacial score (nSPS) is 23.6. The van der Waals surface area contributed by atoms with Crippen LogP contribution in [-0.2, 0) is 19.1 Å². The summed E-state index contributed by atoms with van der Waals surface area (Å²) in [5.74, 6) is -0.177. The quantitative estimate of drug-likeness (QED) is 0.600. The van der Waals surface area contributed by atoms with Crippen molar-refractivity contribution in [3.05, 3.63) is 54.6 Å². The van der Waals surface area contributed by atoms with Crippen molar-refractivity contribution in [1.82, 2.24) is 5.32 Å². The maximum atomic E-state index is 12.6. The molecule has 3 atom stereocenters. The van der Waals surface area contributed by atoms with Crippen molar-refractivity contribution in [2.75, 3.05) is 25.1 Å². The molecule has 0 aliphatic carbocycles. The van der Waals surface area contributed by atoms with Crippen LogP contribution < -0.4 is 10.6 Å². The Morgan fingerprint density at radius 1 is 0.909 bits per heavy atom. The lowest BCUT2D eigenvalue weighted by Crippen LogP contribution is -2.52. The highest BCUT2D eigenvalue weighted by Crippen LogP contribution is 2.25. The molecule has 2 heterocycles. The standard InChI is InChI=1S/C26H32N2O5/c29-17-24-23(28-26(31)20-12-14-32-15-13-20)11-10-22(33-24)16-25(30)27-21-8-6-19(7-9-21)18-4-2-1-3-5-18/h1-9,20,22-24,29H,10-17H2,(H,27,30)(H,28,31)/t22-,23+,24-/m0/s1. The number of aliphatic hydroxyl groups excluding tert-OH is 1. The van der Waals surface area contributed by atoms with E-state index in [1.165, 1.54) is 0 Å². The van der Waals surface area contributed by atoms with Crippen molar-refractivity contribution in [2.45, 2.75) is 50.4 Å². The van der Waals surface area contributed by atoms with Crippen LogP contribution in [0, 0.1) is 5.92 Å². The molecule has 0 unspecified atom stereocenters. The molecule has 2 aliphatic rings. The van der Waals surface area contributed by atoms with Crippen molar-refractivity contribution in [2.24, 2.45) is 5.92 Å². The SMILES string of the molecule is O=C(C[C@@H]1CC[C@@H](NC(=O)C2CCOCC2)[C@H](CO)O1)Nc1ccc(-c2ccccc2)cc1. The van der Waals surface area contributed by atoms with E-state index in [1.54, 1.807) is 0 Å². The van der Waals surface area contributed by atoms with E-state index in [-0.39, 0.29) is 42.9 Å². The molecule has 7 heteroatoms. The summed E-state index contributed by atoms with van der Waals surface area (Å²) in [5, 5.41) is 15.8. The van der Waals surface area contributed by atoms with Gasteiger partial charge in [0.05, 0.1) is 25.2 Å². The van der Waals surface area contributed by atoms with E-state index in [4.69, 9.17) is 9.47 Å². The summed E-state index contributed by atoms with van der Waals surface area (Å²) in [6.07, 6.45) is 2.17. The van der Waals surface area contributed by atoms with Crippen LogP contribution in [0.5, 0.6) is 0 Å². The van der Waals surface area contributed by atoms with Gasteiger partial charge in [-0.3, -0.25) is 9.59 Å². The minimum Gasteiger partial charge on any atom is -0.394 e. The number of amides is 2. The van der Waals surface area contributed by atoms with Crippen LogP contribution >= 0.6 is 0 Å². The molecule has 33 heavy (non-hydrogen) atoms. The van der Waals surface area contributed by atoms with Crippen molar-refractivity contribution < 1.29 is 24.2 Å². The number of nitrogens with one attached hydrogen (secondary N) is 2. The molecule has 2 fully saturated rings. The minimum atomic E-state index is -0.509. The van der Waals surface area contributed by atoms with Crippen LogP contribution in [-0.4, -0.2) is 55.0 Å². The number of aliphatic hydroxyl groups is 1. The molecule has 0 spiro atoms. The Labute approximate surface area is 194 Å². The number of carbonyl (C=O) groups excluding carboxylic acids is 2. The molecule has 0 radical (unpaired) electrons. The number of hydrogen-bond donors (Lipinski definition) is 3. The number of anilines is 1. The lowest BCUT2D eigenvalue weighted by atomic mass is 9.94. The zero-order chi connectivity index (χ0) is 23.0. The van der Waals surface area contributed by atoms with E-state index in [0.717, 1.165) is 29.7 Å². The van der Waals surface area contributed by atoms with Gasteiger partial charge in [0.15, 0.2) is 0 Å². The van der Waals surface area contributed by atoms with Crippen molar-refractivity contribution in [1.29, 1.82) is 0 Å². The molecule has 2 aliphatic heterocycles. The summed E-state index contributed by atoms with van der Waals surface area (Å²) in [4.78, 5) is 25.1. The smallest absolute Gasteiger partial charge is 0.226 e. The van der Waals surface area contributed by atoms with Crippen molar-refractivity contribution >= 4 is 17.5 Å². The second-order valence-corrected chi connectivity index (χ2v) is 8.75. The van der Waals surface area contributed by atoms with E-state index in [1.807, 2.05) is 54.6 Å². The average Bonchev–Trinajstić information content (AvgIpc) is 2.86. The summed E-state index contributed by atoms with van der Waals surface area (Å²) in [6.45, 7) is 1.02. The Morgan fingerprint density at radius 2 is 1.61 bits per heavy atom. The maximum absolute atomic E-state index is 12.6. The molecule has 7 nitrogen and oxygen atoms in total. The van der Waals surface area contributed by atoms with E-state index in [2.05, 4.69) is 10.6 Å². The van der Waals surface area contributed by atoms with Crippen LogP contribution in [0.15, 0.2) is 54.6 Å². The third kappa shape index (κ3) is 6.41. The van der Waals surface area contributed by atoms with Gasteiger partial charge >= 0.3 is 0 Å². The first kappa shape index (κ1) is 23.4. The van der Waals surface area contributed by atoms with Gasteiger partial charge in [0.1, 0.15) is 6.10 Å². The summed E-state index contributed by atoms with van der Waals surface area (Å²) in [5.41, 5.74) is 2.94. The zero-order valence-corrected chi connectivity index (χ0v) is 18.7. The molecule has 2 aromatic carbocycles. The number of hydrogen-bond acceptors (Lipinski definition) is 5. The van der Waals surface area contributed by atoms with Crippen molar-refractivity contribution in [3.63, 3.8) is 0 Å². The molecule has 2 saturated heterocycles. The van der Waals surface area contributed by atoms with Gasteiger partial charge in [0.2, 0.25) is 11.8 Å². The van der Waals surface area contributed by atoms with E-state index < -0.39 is 6.10 Å². The maximum Gasteiger partial charge on any atom is 0.226 e. The predicted octanol–water partition coefficient (Wildman–Crippen LogP) is 3.13. The molecule has 176 valence electrons. The van der Waals surface area contributed by atoms with Crippen LogP contribution in [0.4, 0.5) is 5.69 Å². The van der Waals surface area contributed by atoms with Gasteiger partial charge in [0.25, 0.3) is 0 Å². The monoisotopic (exact) mass is 452 g/mol. The molecular formula is C26H32N2O5. The third-order valence-electron chi connectivity index (χ3n) is 6.40. The summed E-state index contributed by atoms with van der Waals surface area (Å²) >= 11 is 0. The first-order chi connectivity index (χ1) is 16.1. The Kier molecular flexibility index (Phi) is 8.10. The van der Waals surface area contributed by atoms with Gasteiger partial charge in [-0.25, -0.2) is 0 Å². The highest BCUT2D eigenvalue weighted by Gasteiger charge is 2.34. The fourth-order valence-corrected chi connectivity index (χ4v) is 4.50. The van der Waals surface area contributed by atoms with Gasteiger partial charge in [0, 0.05) is 24.8 Å². The lowest BCUT2D eigenvalue weighted by Gasteiger charge is -2.37. The predicted molar refractivity (Wildman–Crippen MR) is 126 cm³/mol. The van der Waals surface area contributed by atoms with Crippen LogP contribution in [0.1, 0.15) is 32.1 Å². The van der Waals surface area contributed by atoms with Gasteiger partial charge in [-0.2, -0.15) is 0 Å². The number of ether oxygens (including phenoxy) is 2. The topological polar surface area (TPSA) is 96.9 Å². The molecule has 4 rings (SSSR count). The number of rotatable bonds is 7. The van der Waals surface area contributed by atoms with Gasteiger partial charge < -0.3 is 25.2 Å². The molecule has 2 aromatic rings. The first-order valence-electron chi connectivity index (χ1n) is 11.7. The second kappa shape index (κ2) is 11.4. The highest BCUT2D eigenvalue weighted by atomic mass is 16.5. The second-order valence-electron chi connectivity index (χ2n) is 8.75. The fraction of sp³-hybridized carbons (Fsp3) is 0.462. The van der Waals surface area contributed by atoms with Gasteiger partial charge in [-0.05, 0) is 48.9 Å². The van der Waals surface area contributed by atoms with Crippen LogP contribution in [0.3, 0.4) is 0 Å². The average molecular weight is 453 g/mol. The van der Waals surface area contributed by atoms with E-state index in [0.29, 0.717) is 26.1 Å². The molecule has 0 aromatic heterocycles. The zero-order valence-electron chi connectivity index (χ0n) is 18.7. The Balaban J connectivity index is 1.25. The van der Waals surface area contributed by atoms with Crippen LogP contribution in [0.25, 0.3) is 11.1 Å². The van der Waals surface area contributed by atoms with Crippen LogP contribution in [0.2, 0.25) is 0 Å². The summed E-state index contributed by atoms with van der Waals surface area (Å²) in [7, 11) is 0. The summed E-state index contributed by atoms with van der Waals surface area (Å²) in [6, 6.07) is 17.6. The first-order valence-corrected chi connectivity index (χ1v) is 11.7. The fourth-order valence-electron chi connectivity index (χ4n) is 4.50. The number of benzene rings is 2. The minimum absolute atomic E-state index is 0.000456. The summed E-state index contributed by atoms with van der Waals surface area (Å²) < 4.78 is 11.3. The van der Waals surface area contributed by atoms with Gasteiger partial charge in [-0.15, -0.1) is 0 Å². The Morgan fingerprint density at radius 3 is 2.30 bits per heavy atom. The largest absolute Gasteiger partial charge is 0.394 e.